The predicted octanol–water partition coefficient (Wildman–Crippen LogP) is 5.98. The Kier molecular flexibility index (Phi) is 3.68. The van der Waals surface area contributed by atoms with Crippen LogP contribution in [0.3, 0.4) is 0 Å². The fourth-order valence-corrected chi connectivity index (χ4v) is 3.01. The average molecular weight is 308 g/mol. The maximum Gasteiger partial charge on any atom is 0.150 e. The van der Waals surface area contributed by atoms with E-state index in [0.717, 1.165) is 11.8 Å². The molecule has 0 saturated carbocycles. The van der Waals surface area contributed by atoms with Gasteiger partial charge in [0.15, 0.2) is 0 Å². The van der Waals surface area contributed by atoms with Gasteiger partial charge in [0.1, 0.15) is 6.29 Å². The van der Waals surface area contributed by atoms with E-state index < -0.39 is 0 Å². The van der Waals surface area contributed by atoms with Crippen molar-refractivity contribution in [3.63, 3.8) is 0 Å². The lowest BCUT2D eigenvalue weighted by Gasteiger charge is -2.05. The van der Waals surface area contributed by atoms with Crippen LogP contribution in [-0.4, -0.2) is 6.29 Å². The fraction of sp³-hybridized carbons (Fsp3) is 0. The summed E-state index contributed by atoms with van der Waals surface area (Å²) in [4.78, 5) is 10.7. The third kappa shape index (κ3) is 2.72. The van der Waals surface area contributed by atoms with Crippen molar-refractivity contribution in [1.82, 2.24) is 0 Å². The molecule has 1 heteroatoms. The van der Waals surface area contributed by atoms with Crippen LogP contribution in [0.5, 0.6) is 0 Å². The molecule has 0 amide bonds. The van der Waals surface area contributed by atoms with E-state index in [-0.39, 0.29) is 0 Å². The molecule has 0 N–H and O–H groups in total. The first-order chi connectivity index (χ1) is 11.8. The molecule has 0 aromatic heterocycles. The Morgan fingerprint density at radius 1 is 0.583 bits per heavy atom. The van der Waals surface area contributed by atoms with Crippen LogP contribution in [0.15, 0.2) is 78.9 Å². The summed E-state index contributed by atoms with van der Waals surface area (Å²) in [7, 11) is 0. The molecule has 4 aromatic rings. The van der Waals surface area contributed by atoms with E-state index in [1.165, 1.54) is 27.1 Å². The molecule has 0 fully saturated rings. The van der Waals surface area contributed by atoms with Gasteiger partial charge in [-0.05, 0) is 44.8 Å². The topological polar surface area (TPSA) is 17.1 Å². The van der Waals surface area contributed by atoms with Gasteiger partial charge in [0.25, 0.3) is 0 Å². The first kappa shape index (κ1) is 14.4. The van der Waals surface area contributed by atoms with Crippen molar-refractivity contribution in [2.24, 2.45) is 0 Å². The summed E-state index contributed by atoms with van der Waals surface area (Å²) < 4.78 is 0. The second kappa shape index (κ2) is 6.13. The van der Waals surface area contributed by atoms with E-state index in [9.17, 15) is 4.79 Å². The SMILES string of the molecule is O=Cc1ccc(C=Cc2cccc3cc4ccccc4cc23)cc1. The lowest BCUT2D eigenvalue weighted by molar-refractivity contribution is 0.112. The lowest BCUT2D eigenvalue weighted by atomic mass is 9.99. The fourth-order valence-electron chi connectivity index (χ4n) is 3.01. The van der Waals surface area contributed by atoms with Crippen LogP contribution in [0.1, 0.15) is 21.5 Å². The first-order valence-corrected chi connectivity index (χ1v) is 7.98. The van der Waals surface area contributed by atoms with Gasteiger partial charge in [-0.1, -0.05) is 78.9 Å². The first-order valence-electron chi connectivity index (χ1n) is 7.98. The second-order valence-corrected chi connectivity index (χ2v) is 5.89. The molecule has 0 bridgehead atoms. The molecule has 0 heterocycles. The van der Waals surface area contributed by atoms with Gasteiger partial charge in [0, 0.05) is 5.56 Å². The third-order valence-electron chi connectivity index (χ3n) is 4.31. The zero-order chi connectivity index (χ0) is 16.4. The molecule has 0 spiro atoms. The Labute approximate surface area is 140 Å². The van der Waals surface area contributed by atoms with Gasteiger partial charge in [-0.15, -0.1) is 0 Å². The van der Waals surface area contributed by atoms with Gasteiger partial charge in [-0.2, -0.15) is 0 Å². The summed E-state index contributed by atoms with van der Waals surface area (Å²) in [5.74, 6) is 0. The minimum atomic E-state index is 0.698. The van der Waals surface area contributed by atoms with Crippen molar-refractivity contribution < 1.29 is 4.79 Å². The summed E-state index contributed by atoms with van der Waals surface area (Å²) in [6.07, 6.45) is 5.08. The van der Waals surface area contributed by atoms with Crippen molar-refractivity contribution in [3.05, 3.63) is 95.6 Å². The highest BCUT2D eigenvalue weighted by molar-refractivity contribution is 6.02. The molecule has 1 nitrogen and oxygen atoms in total. The summed E-state index contributed by atoms with van der Waals surface area (Å²) in [6.45, 7) is 0. The van der Waals surface area contributed by atoms with E-state index >= 15 is 0 Å². The van der Waals surface area contributed by atoms with Gasteiger partial charge in [-0.3, -0.25) is 4.79 Å². The Morgan fingerprint density at radius 3 is 2.00 bits per heavy atom. The molecule has 0 atom stereocenters. The van der Waals surface area contributed by atoms with Crippen LogP contribution in [0.2, 0.25) is 0 Å². The monoisotopic (exact) mass is 308 g/mol. The normalized spacial score (nSPS) is 11.3. The van der Waals surface area contributed by atoms with E-state index in [1.54, 1.807) is 0 Å². The summed E-state index contributed by atoms with van der Waals surface area (Å²) >= 11 is 0. The average Bonchev–Trinajstić information content (AvgIpc) is 2.65. The molecule has 24 heavy (non-hydrogen) atoms. The zero-order valence-corrected chi connectivity index (χ0v) is 13.1. The van der Waals surface area contributed by atoms with Gasteiger partial charge in [-0.25, -0.2) is 0 Å². The molecule has 0 aliphatic heterocycles. The second-order valence-electron chi connectivity index (χ2n) is 5.89. The highest BCUT2D eigenvalue weighted by atomic mass is 16.1. The smallest absolute Gasteiger partial charge is 0.150 e. The number of hydrogen-bond donors (Lipinski definition) is 0. The van der Waals surface area contributed by atoms with E-state index in [4.69, 9.17) is 0 Å². The molecule has 114 valence electrons. The highest BCUT2D eigenvalue weighted by Gasteiger charge is 2.01. The van der Waals surface area contributed by atoms with Crippen LogP contribution >= 0.6 is 0 Å². The number of carbonyl (C=O) groups is 1. The van der Waals surface area contributed by atoms with Gasteiger partial charge in [0.2, 0.25) is 0 Å². The Morgan fingerprint density at radius 2 is 1.25 bits per heavy atom. The van der Waals surface area contributed by atoms with Gasteiger partial charge < -0.3 is 0 Å². The standard InChI is InChI=1S/C23H16O/c24-16-18-10-8-17(9-11-18)12-13-19-6-3-7-22-14-20-4-1-2-5-21(20)15-23(19)22/h1-16H. The molecule has 0 aliphatic carbocycles. The van der Waals surface area contributed by atoms with Gasteiger partial charge >= 0.3 is 0 Å². The van der Waals surface area contributed by atoms with Crippen molar-refractivity contribution in [3.8, 4) is 0 Å². The van der Waals surface area contributed by atoms with Crippen LogP contribution in [-0.2, 0) is 0 Å². The molecule has 0 saturated heterocycles. The molecule has 0 unspecified atom stereocenters. The summed E-state index contributed by atoms with van der Waals surface area (Å²) in [5, 5.41) is 5.00. The number of carbonyl (C=O) groups excluding carboxylic acids is 1. The quantitative estimate of drug-likeness (QED) is 0.259. The van der Waals surface area contributed by atoms with E-state index in [2.05, 4.69) is 66.7 Å². The number of benzene rings is 4. The number of fused-ring (bicyclic) bond motifs is 2. The van der Waals surface area contributed by atoms with Crippen LogP contribution in [0.25, 0.3) is 33.7 Å². The lowest BCUT2D eigenvalue weighted by Crippen LogP contribution is -1.81. The number of aldehydes is 1. The summed E-state index contributed by atoms with van der Waals surface area (Å²) in [6, 6.07) is 26.9. The maximum absolute atomic E-state index is 10.7. The minimum absolute atomic E-state index is 0.698. The minimum Gasteiger partial charge on any atom is -0.298 e. The molecular formula is C23H16O. The number of hydrogen-bond acceptors (Lipinski definition) is 1. The molecule has 4 rings (SSSR count). The third-order valence-corrected chi connectivity index (χ3v) is 4.31. The Balaban J connectivity index is 1.79. The molecule has 4 aromatic carbocycles. The van der Waals surface area contributed by atoms with Crippen molar-refractivity contribution >= 4 is 40.0 Å². The van der Waals surface area contributed by atoms with E-state index in [1.807, 2.05) is 24.3 Å². The maximum atomic E-state index is 10.7. The number of rotatable bonds is 3. The van der Waals surface area contributed by atoms with Crippen molar-refractivity contribution in [2.75, 3.05) is 0 Å². The molecular weight excluding hydrogens is 292 g/mol. The van der Waals surface area contributed by atoms with Crippen LogP contribution in [0, 0.1) is 0 Å². The zero-order valence-electron chi connectivity index (χ0n) is 13.1. The highest BCUT2D eigenvalue weighted by Crippen LogP contribution is 2.26. The van der Waals surface area contributed by atoms with Crippen LogP contribution < -0.4 is 0 Å². The van der Waals surface area contributed by atoms with Crippen molar-refractivity contribution in [1.29, 1.82) is 0 Å². The molecule has 0 radical (unpaired) electrons. The predicted molar refractivity (Wildman–Crippen MR) is 102 cm³/mol. The Hall–Kier alpha value is -3.19. The van der Waals surface area contributed by atoms with Crippen molar-refractivity contribution in [2.45, 2.75) is 0 Å². The van der Waals surface area contributed by atoms with Crippen LogP contribution in [0.4, 0.5) is 0 Å². The summed E-state index contributed by atoms with van der Waals surface area (Å²) in [5.41, 5.74) is 2.97. The van der Waals surface area contributed by atoms with E-state index in [0.29, 0.717) is 5.56 Å². The Bertz CT molecular complexity index is 1060. The molecule has 0 aliphatic rings. The largest absolute Gasteiger partial charge is 0.298 e. The van der Waals surface area contributed by atoms with Gasteiger partial charge in [0.05, 0.1) is 0 Å².